The van der Waals surface area contributed by atoms with Gasteiger partial charge in [-0.3, -0.25) is 10.2 Å². The Kier molecular flexibility index (Phi) is 5.27. The average molecular weight is 352 g/mol. The second-order valence-corrected chi connectivity index (χ2v) is 6.27. The third-order valence-electron chi connectivity index (χ3n) is 2.97. The molecule has 0 aliphatic carbocycles. The summed E-state index contributed by atoms with van der Waals surface area (Å²) in [6, 6.07) is 9.67. The Morgan fingerprint density at radius 3 is 2.33 bits per heavy atom. The van der Waals surface area contributed by atoms with E-state index in [0.717, 1.165) is 18.2 Å². The van der Waals surface area contributed by atoms with E-state index in [2.05, 4.69) is 4.74 Å². The number of benzene rings is 2. The van der Waals surface area contributed by atoms with E-state index in [0.29, 0.717) is 0 Å². The molecule has 0 bridgehead atoms. The van der Waals surface area contributed by atoms with Crippen LogP contribution in [0.25, 0.3) is 0 Å². The summed E-state index contributed by atoms with van der Waals surface area (Å²) in [6.07, 6.45) is 0. The molecular formula is C15H13FN2O5S. The molecule has 0 atom stereocenters. The lowest BCUT2D eigenvalue weighted by Crippen LogP contribution is -2.41. The molecule has 0 heterocycles. The van der Waals surface area contributed by atoms with Gasteiger partial charge in [0.15, 0.2) is 0 Å². The van der Waals surface area contributed by atoms with E-state index in [4.69, 9.17) is 0 Å². The number of hydrazine groups is 1. The highest BCUT2D eigenvalue weighted by Crippen LogP contribution is 2.12. The van der Waals surface area contributed by atoms with E-state index in [1.807, 2.05) is 10.3 Å². The minimum Gasteiger partial charge on any atom is -0.465 e. The number of ether oxygens (including phenoxy) is 1. The van der Waals surface area contributed by atoms with Crippen LogP contribution in [0.5, 0.6) is 0 Å². The third-order valence-corrected chi connectivity index (χ3v) is 4.22. The molecule has 24 heavy (non-hydrogen) atoms. The average Bonchev–Trinajstić information content (AvgIpc) is 2.59. The van der Waals surface area contributed by atoms with E-state index >= 15 is 0 Å². The molecule has 9 heteroatoms. The summed E-state index contributed by atoms with van der Waals surface area (Å²) in [7, 11) is -2.93. The Balaban J connectivity index is 2.12. The molecule has 0 saturated carbocycles. The number of halogens is 1. The quantitative estimate of drug-likeness (QED) is 0.623. The van der Waals surface area contributed by atoms with Crippen LogP contribution >= 0.6 is 0 Å². The Morgan fingerprint density at radius 1 is 1.04 bits per heavy atom. The molecule has 2 aromatic carbocycles. The van der Waals surface area contributed by atoms with Crippen LogP contribution in [-0.4, -0.2) is 27.4 Å². The maximum Gasteiger partial charge on any atom is 0.337 e. The van der Waals surface area contributed by atoms with Crippen molar-refractivity contribution in [1.29, 1.82) is 0 Å². The van der Waals surface area contributed by atoms with Crippen LogP contribution in [0.4, 0.5) is 4.39 Å². The smallest absolute Gasteiger partial charge is 0.337 e. The Bertz CT molecular complexity index is 866. The van der Waals surface area contributed by atoms with Crippen molar-refractivity contribution in [3.8, 4) is 0 Å². The van der Waals surface area contributed by atoms with Crippen molar-refractivity contribution in [3.63, 3.8) is 0 Å². The van der Waals surface area contributed by atoms with Gasteiger partial charge in [-0.15, -0.1) is 4.83 Å². The van der Waals surface area contributed by atoms with Crippen molar-refractivity contribution in [3.05, 3.63) is 65.5 Å². The van der Waals surface area contributed by atoms with E-state index < -0.39 is 27.7 Å². The van der Waals surface area contributed by atoms with Gasteiger partial charge in [0.2, 0.25) is 0 Å². The topological polar surface area (TPSA) is 102 Å². The Morgan fingerprint density at radius 2 is 1.71 bits per heavy atom. The highest BCUT2D eigenvalue weighted by atomic mass is 32.2. The number of amides is 1. The number of esters is 1. The fourth-order valence-corrected chi connectivity index (χ4v) is 2.64. The normalized spacial score (nSPS) is 10.9. The van der Waals surface area contributed by atoms with Crippen molar-refractivity contribution in [2.24, 2.45) is 0 Å². The largest absolute Gasteiger partial charge is 0.465 e. The zero-order valence-electron chi connectivity index (χ0n) is 12.4. The molecule has 0 spiro atoms. The van der Waals surface area contributed by atoms with Crippen molar-refractivity contribution in [1.82, 2.24) is 10.3 Å². The van der Waals surface area contributed by atoms with E-state index in [9.17, 15) is 22.4 Å². The summed E-state index contributed by atoms with van der Waals surface area (Å²) in [4.78, 5) is 24.9. The number of carbonyl (C=O) groups is 2. The Labute approximate surface area is 137 Å². The lowest BCUT2D eigenvalue weighted by molar-refractivity contribution is 0.0600. The maximum absolute atomic E-state index is 12.8. The number of rotatable bonds is 5. The second kappa shape index (κ2) is 7.20. The molecule has 2 rings (SSSR count). The van der Waals surface area contributed by atoms with E-state index in [1.165, 1.54) is 37.4 Å². The minimum atomic E-state index is -4.10. The molecular weight excluding hydrogens is 339 g/mol. The number of sulfonamides is 1. The number of carbonyl (C=O) groups excluding carboxylic acids is 2. The summed E-state index contributed by atoms with van der Waals surface area (Å²) in [5.41, 5.74) is 2.12. The monoisotopic (exact) mass is 352 g/mol. The third kappa shape index (κ3) is 4.15. The maximum atomic E-state index is 12.8. The Hall–Kier alpha value is -2.78. The first-order valence-electron chi connectivity index (χ1n) is 6.59. The molecule has 0 aliphatic heterocycles. The number of hydrogen-bond donors (Lipinski definition) is 2. The van der Waals surface area contributed by atoms with Gasteiger partial charge >= 0.3 is 5.97 Å². The van der Waals surface area contributed by atoms with Gasteiger partial charge in [0.1, 0.15) is 5.82 Å². The van der Waals surface area contributed by atoms with Gasteiger partial charge in [0.05, 0.1) is 17.6 Å². The summed E-state index contributed by atoms with van der Waals surface area (Å²) in [5, 5.41) is 0. The highest BCUT2D eigenvalue weighted by molar-refractivity contribution is 7.89. The molecule has 0 radical (unpaired) electrons. The molecule has 0 aliphatic rings. The van der Waals surface area contributed by atoms with E-state index in [1.54, 1.807) is 0 Å². The summed E-state index contributed by atoms with van der Waals surface area (Å²) >= 11 is 0. The van der Waals surface area contributed by atoms with Crippen LogP contribution in [0.1, 0.15) is 20.7 Å². The summed E-state index contributed by atoms with van der Waals surface area (Å²) in [5.74, 6) is -1.98. The fourth-order valence-electron chi connectivity index (χ4n) is 1.75. The molecule has 1 amide bonds. The van der Waals surface area contributed by atoms with Crippen LogP contribution in [0.3, 0.4) is 0 Å². The zero-order chi connectivity index (χ0) is 17.7. The van der Waals surface area contributed by atoms with Crippen LogP contribution in [0.2, 0.25) is 0 Å². The lowest BCUT2D eigenvalue weighted by Gasteiger charge is -2.09. The van der Waals surface area contributed by atoms with Gasteiger partial charge in [0, 0.05) is 5.56 Å². The number of nitrogens with one attached hydrogen (secondary N) is 2. The molecule has 0 aromatic heterocycles. The van der Waals surface area contributed by atoms with Crippen molar-refractivity contribution in [2.45, 2.75) is 4.90 Å². The number of methoxy groups -OCH3 is 1. The predicted molar refractivity (Wildman–Crippen MR) is 82.0 cm³/mol. The van der Waals surface area contributed by atoms with E-state index in [-0.39, 0.29) is 16.0 Å². The van der Waals surface area contributed by atoms with Crippen molar-refractivity contribution >= 4 is 21.9 Å². The van der Waals surface area contributed by atoms with Gasteiger partial charge in [-0.05, 0) is 42.5 Å². The lowest BCUT2D eigenvalue weighted by atomic mass is 10.2. The molecule has 2 aromatic rings. The van der Waals surface area contributed by atoms with Crippen molar-refractivity contribution in [2.75, 3.05) is 7.11 Å². The van der Waals surface area contributed by atoms with Crippen LogP contribution < -0.4 is 10.3 Å². The highest BCUT2D eigenvalue weighted by Gasteiger charge is 2.18. The first-order valence-corrected chi connectivity index (χ1v) is 8.08. The first kappa shape index (κ1) is 17.6. The zero-order valence-corrected chi connectivity index (χ0v) is 13.3. The molecule has 2 N–H and O–H groups in total. The van der Waals surface area contributed by atoms with Crippen LogP contribution in [0, 0.1) is 5.82 Å². The second-order valence-electron chi connectivity index (χ2n) is 4.59. The summed E-state index contributed by atoms with van der Waals surface area (Å²) < 4.78 is 41.6. The molecule has 0 unspecified atom stereocenters. The van der Waals surface area contributed by atoms with Gasteiger partial charge < -0.3 is 4.74 Å². The molecule has 126 valence electrons. The first-order chi connectivity index (χ1) is 11.3. The molecule has 7 nitrogen and oxygen atoms in total. The molecule has 0 fully saturated rings. The molecule has 0 saturated heterocycles. The van der Waals surface area contributed by atoms with Gasteiger partial charge in [-0.25, -0.2) is 17.6 Å². The minimum absolute atomic E-state index is 0.0465. The number of hydrogen-bond acceptors (Lipinski definition) is 5. The van der Waals surface area contributed by atoms with Gasteiger partial charge in [-0.2, -0.15) is 0 Å². The fraction of sp³-hybridized carbons (Fsp3) is 0.0667. The SMILES string of the molecule is COC(=O)c1cccc(S(=O)(=O)NNC(=O)c2ccc(F)cc2)c1. The van der Waals surface area contributed by atoms with Gasteiger partial charge in [0.25, 0.3) is 15.9 Å². The van der Waals surface area contributed by atoms with Crippen LogP contribution in [0.15, 0.2) is 53.4 Å². The predicted octanol–water partition coefficient (Wildman–Crippen LogP) is 1.24. The standard InChI is InChI=1S/C15H13FN2O5S/c1-23-15(20)11-3-2-4-13(9-11)24(21,22)18-17-14(19)10-5-7-12(16)8-6-10/h2-9,18H,1H3,(H,17,19). The van der Waals surface area contributed by atoms with Gasteiger partial charge in [-0.1, -0.05) is 6.07 Å². The summed E-state index contributed by atoms with van der Waals surface area (Å²) in [6.45, 7) is 0. The van der Waals surface area contributed by atoms with Crippen LogP contribution in [-0.2, 0) is 14.8 Å². The van der Waals surface area contributed by atoms with Crippen molar-refractivity contribution < 1.29 is 27.1 Å².